The van der Waals surface area contributed by atoms with Gasteiger partial charge in [-0.1, -0.05) is 45.9 Å². The minimum absolute atomic E-state index is 0.0899. The molecule has 3 rings (SSSR count). The number of hydrogen-bond acceptors (Lipinski definition) is 4. The maximum atomic E-state index is 14.0. The van der Waals surface area contributed by atoms with Crippen molar-refractivity contribution in [2.75, 3.05) is 0 Å². The van der Waals surface area contributed by atoms with E-state index in [0.717, 1.165) is 16.3 Å². The Morgan fingerprint density at radius 2 is 1.59 bits per heavy atom. The first-order valence-electron chi connectivity index (χ1n) is 11.7. The van der Waals surface area contributed by atoms with E-state index in [1.165, 1.54) is 12.1 Å². The molecular formula is C25H33BFN3O4. The number of aromatic nitrogens is 1. The van der Waals surface area contributed by atoms with Crippen molar-refractivity contribution in [1.82, 2.24) is 15.2 Å². The normalized spacial score (nSPS) is 13.4. The maximum absolute atomic E-state index is 14.0. The van der Waals surface area contributed by atoms with Crippen molar-refractivity contribution in [3.63, 3.8) is 0 Å². The quantitative estimate of drug-likeness (QED) is 0.343. The van der Waals surface area contributed by atoms with Gasteiger partial charge in [-0.05, 0) is 48.9 Å². The fourth-order valence-electron chi connectivity index (χ4n) is 4.33. The molecular weight excluding hydrogens is 436 g/mol. The zero-order chi connectivity index (χ0) is 25.0. The van der Waals surface area contributed by atoms with E-state index in [9.17, 15) is 24.0 Å². The highest BCUT2D eigenvalue weighted by Gasteiger charge is 2.30. The number of carbonyl (C=O) groups excluding carboxylic acids is 2. The lowest BCUT2D eigenvalue weighted by Crippen LogP contribution is -2.55. The minimum Gasteiger partial charge on any atom is -0.426 e. The minimum atomic E-state index is -1.70. The molecule has 1 aromatic heterocycles. The van der Waals surface area contributed by atoms with Gasteiger partial charge in [0.05, 0.1) is 11.5 Å². The summed E-state index contributed by atoms with van der Waals surface area (Å²) in [6, 6.07) is 11.2. The highest BCUT2D eigenvalue weighted by atomic mass is 19.1. The van der Waals surface area contributed by atoms with Crippen molar-refractivity contribution in [2.45, 2.75) is 59.1 Å². The van der Waals surface area contributed by atoms with Gasteiger partial charge < -0.3 is 25.2 Å². The molecule has 9 heteroatoms. The predicted molar refractivity (Wildman–Crippen MR) is 132 cm³/mol. The third kappa shape index (κ3) is 6.15. The van der Waals surface area contributed by atoms with Crippen LogP contribution in [0.3, 0.4) is 0 Å². The third-order valence-corrected chi connectivity index (χ3v) is 5.81. The predicted octanol–water partition coefficient (Wildman–Crippen LogP) is 3.01. The van der Waals surface area contributed by atoms with Gasteiger partial charge in [0.15, 0.2) is 0 Å². The van der Waals surface area contributed by atoms with Crippen LogP contribution >= 0.6 is 0 Å². The second-order valence-corrected chi connectivity index (χ2v) is 9.67. The number of carbonyl (C=O) groups is 2. The van der Waals surface area contributed by atoms with Gasteiger partial charge in [0.2, 0.25) is 11.8 Å². The SMILES string of the molecule is CC(C)C[C@H](NC(=O)[C@H](CC(C)C)NC(=O)Cn1c2ccccc2c2ccc(F)cc21)B(O)O. The highest BCUT2D eigenvalue weighted by molar-refractivity contribution is 6.43. The van der Waals surface area contributed by atoms with Gasteiger partial charge in [0.1, 0.15) is 18.4 Å². The molecule has 0 unspecified atom stereocenters. The molecule has 1 heterocycles. The fraction of sp³-hybridized carbons (Fsp3) is 0.440. The number of amides is 2. The summed E-state index contributed by atoms with van der Waals surface area (Å²) in [5, 5.41) is 26.6. The second-order valence-electron chi connectivity index (χ2n) is 9.67. The van der Waals surface area contributed by atoms with Gasteiger partial charge in [-0.3, -0.25) is 9.59 Å². The number of rotatable bonds is 10. The number of nitrogens with one attached hydrogen (secondary N) is 2. The molecule has 4 N–H and O–H groups in total. The van der Waals surface area contributed by atoms with Crippen LogP contribution in [0.2, 0.25) is 0 Å². The van der Waals surface area contributed by atoms with Crippen LogP contribution in [0.1, 0.15) is 40.5 Å². The zero-order valence-electron chi connectivity index (χ0n) is 20.1. The average Bonchev–Trinajstić information content (AvgIpc) is 3.05. The van der Waals surface area contributed by atoms with Gasteiger partial charge >= 0.3 is 7.12 Å². The second kappa shape index (κ2) is 11.0. The molecule has 0 spiro atoms. The molecule has 2 aromatic carbocycles. The van der Waals surface area contributed by atoms with Crippen molar-refractivity contribution in [2.24, 2.45) is 11.8 Å². The van der Waals surface area contributed by atoms with Crippen LogP contribution in [-0.4, -0.2) is 45.5 Å². The zero-order valence-corrected chi connectivity index (χ0v) is 20.1. The van der Waals surface area contributed by atoms with E-state index in [4.69, 9.17) is 0 Å². The van der Waals surface area contributed by atoms with E-state index in [1.54, 1.807) is 10.6 Å². The Kier molecular flexibility index (Phi) is 8.33. The Labute approximate surface area is 199 Å². The summed E-state index contributed by atoms with van der Waals surface area (Å²) in [5.74, 6) is -1.83. The van der Waals surface area contributed by atoms with Gasteiger partial charge in [-0.15, -0.1) is 0 Å². The Morgan fingerprint density at radius 1 is 0.941 bits per heavy atom. The number of fused-ring (bicyclic) bond motifs is 3. The number of halogens is 1. The molecule has 0 saturated heterocycles. The van der Waals surface area contributed by atoms with Crippen LogP contribution in [0.15, 0.2) is 42.5 Å². The summed E-state index contributed by atoms with van der Waals surface area (Å²) < 4.78 is 15.8. The van der Waals surface area contributed by atoms with Gasteiger partial charge in [0, 0.05) is 16.3 Å². The summed E-state index contributed by atoms with van der Waals surface area (Å²) >= 11 is 0. The lowest BCUT2D eigenvalue weighted by molar-refractivity contribution is -0.129. The smallest absolute Gasteiger partial charge is 0.426 e. The molecule has 0 aliphatic heterocycles. The molecule has 3 aromatic rings. The molecule has 2 amide bonds. The summed E-state index contributed by atoms with van der Waals surface area (Å²) in [5.41, 5.74) is 1.39. The van der Waals surface area contributed by atoms with Crippen molar-refractivity contribution in [3.05, 3.63) is 48.3 Å². The molecule has 0 saturated carbocycles. The summed E-state index contributed by atoms with van der Waals surface area (Å²) in [7, 11) is -1.70. The van der Waals surface area contributed by atoms with Crippen LogP contribution in [-0.2, 0) is 16.1 Å². The van der Waals surface area contributed by atoms with E-state index >= 15 is 0 Å². The van der Waals surface area contributed by atoms with Crippen LogP contribution < -0.4 is 10.6 Å². The van der Waals surface area contributed by atoms with Crippen molar-refractivity contribution in [3.8, 4) is 0 Å². The molecule has 182 valence electrons. The lowest BCUT2D eigenvalue weighted by atomic mass is 9.75. The Bertz CT molecular complexity index is 1160. The lowest BCUT2D eigenvalue weighted by Gasteiger charge is -2.25. The summed E-state index contributed by atoms with van der Waals surface area (Å²) in [6.45, 7) is 7.63. The summed E-state index contributed by atoms with van der Waals surface area (Å²) in [4.78, 5) is 26.1. The molecule has 0 aliphatic carbocycles. The average molecular weight is 469 g/mol. The molecule has 0 fully saturated rings. The van der Waals surface area contributed by atoms with Gasteiger partial charge in [-0.2, -0.15) is 0 Å². The Morgan fingerprint density at radius 3 is 2.24 bits per heavy atom. The Balaban J connectivity index is 1.83. The van der Waals surface area contributed by atoms with E-state index in [1.807, 2.05) is 52.0 Å². The van der Waals surface area contributed by atoms with E-state index < -0.39 is 36.7 Å². The van der Waals surface area contributed by atoms with Crippen molar-refractivity contribution >= 4 is 40.7 Å². The van der Waals surface area contributed by atoms with Crippen LogP contribution in [0, 0.1) is 17.7 Å². The molecule has 0 radical (unpaired) electrons. The van der Waals surface area contributed by atoms with Gasteiger partial charge in [0.25, 0.3) is 0 Å². The van der Waals surface area contributed by atoms with Crippen molar-refractivity contribution in [1.29, 1.82) is 0 Å². The van der Waals surface area contributed by atoms with Gasteiger partial charge in [-0.25, -0.2) is 4.39 Å². The first-order valence-corrected chi connectivity index (χ1v) is 11.7. The first kappa shape index (κ1) is 25.7. The number of nitrogens with zero attached hydrogens (tertiary/aromatic N) is 1. The van der Waals surface area contributed by atoms with Crippen LogP contribution in [0.5, 0.6) is 0 Å². The van der Waals surface area contributed by atoms with Crippen LogP contribution in [0.25, 0.3) is 21.8 Å². The molecule has 2 atom stereocenters. The maximum Gasteiger partial charge on any atom is 0.475 e. The molecule has 0 aliphatic rings. The van der Waals surface area contributed by atoms with E-state index in [-0.39, 0.29) is 18.4 Å². The Hall–Kier alpha value is -2.91. The van der Waals surface area contributed by atoms with E-state index in [2.05, 4.69) is 10.6 Å². The topological polar surface area (TPSA) is 104 Å². The monoisotopic (exact) mass is 469 g/mol. The first-order chi connectivity index (χ1) is 16.1. The largest absolute Gasteiger partial charge is 0.475 e. The number of hydrogen-bond donors (Lipinski definition) is 4. The number of para-hydroxylation sites is 1. The number of benzene rings is 2. The fourth-order valence-corrected chi connectivity index (χ4v) is 4.33. The molecule has 7 nitrogen and oxygen atoms in total. The highest BCUT2D eigenvalue weighted by Crippen LogP contribution is 2.29. The molecule has 34 heavy (non-hydrogen) atoms. The molecule has 0 bridgehead atoms. The van der Waals surface area contributed by atoms with Crippen LogP contribution in [0.4, 0.5) is 4.39 Å². The van der Waals surface area contributed by atoms with Crippen molar-refractivity contribution < 1.29 is 24.0 Å². The van der Waals surface area contributed by atoms with E-state index in [0.29, 0.717) is 18.4 Å². The summed E-state index contributed by atoms with van der Waals surface area (Å²) in [6.07, 6.45) is 0.772. The third-order valence-electron chi connectivity index (χ3n) is 5.81. The standard InChI is InChI=1S/C25H33BFN3O4/c1-15(2)11-20(25(32)29-23(26(33)34)12-16(3)4)28-24(31)14-30-21-8-6-5-7-18(21)19-10-9-17(27)13-22(19)30/h5-10,13,15-16,20,23,33-34H,11-12,14H2,1-4H3,(H,28,31)(H,29,32)/t20-,23-/m0/s1.